The molecule has 0 saturated carbocycles. The van der Waals surface area contributed by atoms with Crippen molar-refractivity contribution in [2.75, 3.05) is 38.0 Å². The SMILES string of the molecule is COCCOCN(c1noc(C)c1C)S(=O)(=O)c1sccc1C1=CC=C(CO)CC1. The van der Waals surface area contributed by atoms with Gasteiger partial charge in [0.25, 0.3) is 10.0 Å². The van der Waals surface area contributed by atoms with Crippen LogP contribution in [0.2, 0.25) is 0 Å². The summed E-state index contributed by atoms with van der Waals surface area (Å²) in [6.07, 6.45) is 5.09. The van der Waals surface area contributed by atoms with E-state index in [0.717, 1.165) is 26.8 Å². The van der Waals surface area contributed by atoms with Crippen LogP contribution >= 0.6 is 11.3 Å². The molecule has 2 heterocycles. The number of aryl methyl sites for hydroxylation is 1. The Hall–Kier alpha value is -1.98. The van der Waals surface area contributed by atoms with Crippen LogP contribution in [0.15, 0.2) is 37.9 Å². The van der Waals surface area contributed by atoms with Gasteiger partial charge in [0.2, 0.25) is 0 Å². The van der Waals surface area contributed by atoms with Gasteiger partial charge in [-0.3, -0.25) is 0 Å². The number of thiophene rings is 1. The number of hydrogen-bond acceptors (Lipinski definition) is 8. The van der Waals surface area contributed by atoms with E-state index < -0.39 is 10.0 Å². The van der Waals surface area contributed by atoms with Gasteiger partial charge in [-0.25, -0.2) is 12.7 Å². The Kier molecular flexibility index (Phi) is 7.48. The molecule has 164 valence electrons. The third-order valence-corrected chi connectivity index (χ3v) is 8.12. The number of sulfonamides is 1. The number of aliphatic hydroxyl groups excluding tert-OH is 1. The molecule has 0 aromatic carbocycles. The Bertz CT molecular complexity index is 1040. The van der Waals surface area contributed by atoms with Crippen LogP contribution in [0, 0.1) is 13.8 Å². The molecule has 0 spiro atoms. The van der Waals surface area contributed by atoms with Gasteiger partial charge in [-0.15, -0.1) is 11.3 Å². The van der Waals surface area contributed by atoms with E-state index in [1.165, 1.54) is 0 Å². The molecule has 1 N–H and O–H groups in total. The maximum absolute atomic E-state index is 13.7. The second kappa shape index (κ2) is 9.88. The highest BCUT2D eigenvalue weighted by Crippen LogP contribution is 2.37. The molecule has 2 aromatic heterocycles. The zero-order valence-electron chi connectivity index (χ0n) is 17.3. The van der Waals surface area contributed by atoms with Gasteiger partial charge in [0.1, 0.15) is 16.7 Å². The predicted octanol–water partition coefficient (Wildman–Crippen LogP) is 3.26. The van der Waals surface area contributed by atoms with Gasteiger partial charge in [0, 0.05) is 18.2 Å². The smallest absolute Gasteiger partial charge is 0.277 e. The number of methoxy groups -OCH3 is 1. The summed E-state index contributed by atoms with van der Waals surface area (Å²) in [6.45, 7) is 3.90. The molecule has 0 fully saturated rings. The van der Waals surface area contributed by atoms with Crippen LogP contribution in [-0.4, -0.2) is 52.3 Å². The summed E-state index contributed by atoms with van der Waals surface area (Å²) < 4.78 is 44.4. The van der Waals surface area contributed by atoms with Crippen molar-refractivity contribution >= 4 is 32.8 Å². The van der Waals surface area contributed by atoms with Crippen molar-refractivity contribution in [2.45, 2.75) is 30.9 Å². The molecular weight excluding hydrogens is 428 g/mol. The monoisotopic (exact) mass is 454 g/mol. The largest absolute Gasteiger partial charge is 0.392 e. The summed E-state index contributed by atoms with van der Waals surface area (Å²) in [5, 5.41) is 15.0. The molecule has 1 aliphatic carbocycles. The molecule has 8 nitrogen and oxygen atoms in total. The fourth-order valence-electron chi connectivity index (χ4n) is 3.04. The van der Waals surface area contributed by atoms with Gasteiger partial charge in [0.05, 0.1) is 19.8 Å². The Morgan fingerprint density at radius 2 is 2.07 bits per heavy atom. The molecule has 0 radical (unpaired) electrons. The van der Waals surface area contributed by atoms with Crippen molar-refractivity contribution in [1.82, 2.24) is 5.16 Å². The number of anilines is 1. The van der Waals surface area contributed by atoms with E-state index in [2.05, 4.69) is 5.16 Å². The first-order valence-corrected chi connectivity index (χ1v) is 11.8. The van der Waals surface area contributed by atoms with Crippen LogP contribution in [0.5, 0.6) is 0 Å². The third kappa shape index (κ3) is 4.68. The second-order valence-electron chi connectivity index (χ2n) is 6.87. The van der Waals surface area contributed by atoms with E-state index in [1.807, 2.05) is 18.2 Å². The lowest BCUT2D eigenvalue weighted by molar-refractivity contribution is 0.0753. The highest BCUT2D eigenvalue weighted by atomic mass is 32.2. The van der Waals surface area contributed by atoms with Crippen molar-refractivity contribution in [1.29, 1.82) is 0 Å². The number of nitrogens with zero attached hydrogens (tertiary/aromatic N) is 2. The first-order valence-electron chi connectivity index (χ1n) is 9.49. The van der Waals surface area contributed by atoms with E-state index in [-0.39, 0.29) is 30.0 Å². The number of allylic oxidation sites excluding steroid dienone is 3. The number of aliphatic hydroxyl groups is 1. The molecule has 1 aliphatic rings. The van der Waals surface area contributed by atoms with Crippen LogP contribution in [0.1, 0.15) is 29.7 Å². The third-order valence-electron chi connectivity index (χ3n) is 4.95. The second-order valence-corrected chi connectivity index (χ2v) is 9.84. The topological polar surface area (TPSA) is 102 Å². The van der Waals surface area contributed by atoms with Gasteiger partial charge >= 0.3 is 0 Å². The molecule has 0 aliphatic heterocycles. The van der Waals surface area contributed by atoms with E-state index in [1.54, 1.807) is 26.3 Å². The first-order chi connectivity index (χ1) is 14.4. The van der Waals surface area contributed by atoms with Crippen molar-refractivity contribution in [3.63, 3.8) is 0 Å². The van der Waals surface area contributed by atoms with Crippen molar-refractivity contribution in [2.24, 2.45) is 0 Å². The summed E-state index contributed by atoms with van der Waals surface area (Å²) in [6, 6.07) is 1.81. The Labute approximate surface area is 180 Å². The lowest BCUT2D eigenvalue weighted by atomic mass is 9.95. The van der Waals surface area contributed by atoms with Crippen LogP contribution in [0.4, 0.5) is 5.82 Å². The van der Waals surface area contributed by atoms with Crippen molar-refractivity contribution in [3.05, 3.63) is 46.1 Å². The highest BCUT2D eigenvalue weighted by molar-refractivity contribution is 7.94. The molecule has 2 aromatic rings. The fourth-order valence-corrected chi connectivity index (χ4v) is 5.91. The Morgan fingerprint density at radius 1 is 1.27 bits per heavy atom. The number of aromatic nitrogens is 1. The normalized spacial score (nSPS) is 14.5. The van der Waals surface area contributed by atoms with Gasteiger partial charge < -0.3 is 19.1 Å². The average Bonchev–Trinajstić information content (AvgIpc) is 3.36. The molecule has 0 bridgehead atoms. The molecule has 0 atom stereocenters. The van der Waals surface area contributed by atoms with Crippen LogP contribution < -0.4 is 4.31 Å². The quantitative estimate of drug-likeness (QED) is 0.434. The predicted molar refractivity (Wildman–Crippen MR) is 115 cm³/mol. The van der Waals surface area contributed by atoms with Crippen LogP contribution in [0.25, 0.3) is 5.57 Å². The molecule has 0 saturated heterocycles. The zero-order chi connectivity index (χ0) is 21.7. The molecular formula is C20H26N2O6S2. The maximum atomic E-state index is 13.7. The maximum Gasteiger partial charge on any atom is 0.277 e. The van der Waals surface area contributed by atoms with Gasteiger partial charge in [-0.2, -0.15) is 0 Å². The van der Waals surface area contributed by atoms with E-state index in [4.69, 9.17) is 14.0 Å². The summed E-state index contributed by atoms with van der Waals surface area (Å²) in [5.74, 6) is 0.759. The van der Waals surface area contributed by atoms with E-state index in [9.17, 15) is 13.5 Å². The molecule has 0 unspecified atom stereocenters. The molecule has 30 heavy (non-hydrogen) atoms. The lowest BCUT2D eigenvalue weighted by Crippen LogP contribution is -2.34. The fraction of sp³-hybridized carbons (Fsp3) is 0.450. The summed E-state index contributed by atoms with van der Waals surface area (Å²) in [5.41, 5.74) is 3.15. The molecule has 10 heteroatoms. The van der Waals surface area contributed by atoms with Gasteiger partial charge in [-0.1, -0.05) is 17.3 Å². The Morgan fingerprint density at radius 3 is 2.67 bits per heavy atom. The highest BCUT2D eigenvalue weighted by Gasteiger charge is 2.33. The number of ether oxygens (including phenoxy) is 2. The van der Waals surface area contributed by atoms with E-state index in [0.29, 0.717) is 36.3 Å². The van der Waals surface area contributed by atoms with Crippen molar-refractivity contribution < 1.29 is 27.5 Å². The summed E-state index contributed by atoms with van der Waals surface area (Å²) >= 11 is 1.16. The number of rotatable bonds is 10. The molecule has 0 amide bonds. The Balaban J connectivity index is 1.98. The first kappa shape index (κ1) is 22.7. The average molecular weight is 455 g/mol. The summed E-state index contributed by atoms with van der Waals surface area (Å²) in [4.78, 5) is 0. The van der Waals surface area contributed by atoms with Crippen molar-refractivity contribution in [3.8, 4) is 0 Å². The van der Waals surface area contributed by atoms with E-state index >= 15 is 0 Å². The van der Waals surface area contributed by atoms with Gasteiger partial charge in [0.15, 0.2) is 5.82 Å². The van der Waals surface area contributed by atoms with Crippen LogP contribution in [-0.2, 0) is 19.5 Å². The minimum atomic E-state index is -3.95. The molecule has 3 rings (SSSR count). The zero-order valence-corrected chi connectivity index (χ0v) is 18.9. The number of hydrogen-bond donors (Lipinski definition) is 1. The minimum absolute atomic E-state index is 0.00987. The minimum Gasteiger partial charge on any atom is -0.392 e. The van der Waals surface area contributed by atoms with Gasteiger partial charge in [-0.05, 0) is 49.3 Å². The standard InChI is InChI=1S/C20H26N2O6S2/c1-14-15(2)28-21-19(14)22(13-27-10-9-26-3)30(24,25)20-18(8-11-29-20)17-6-4-16(12-23)5-7-17/h4,6,8,11,23H,5,7,9-10,12-13H2,1-3H3. The summed E-state index contributed by atoms with van der Waals surface area (Å²) in [7, 11) is -2.40. The van der Waals surface area contributed by atoms with Crippen LogP contribution in [0.3, 0.4) is 0 Å². The lowest BCUT2D eigenvalue weighted by Gasteiger charge is -2.23.